The monoisotopic (exact) mass is 540 g/mol. The number of carbonyl (C=O) groups excluding carboxylic acids is 1. The minimum absolute atomic E-state index is 0.00310. The molecule has 4 bridgehead atoms. The Morgan fingerprint density at radius 1 is 1.11 bits per heavy atom. The van der Waals surface area contributed by atoms with Crippen molar-refractivity contribution in [3.05, 3.63) is 24.3 Å². The Morgan fingerprint density at radius 2 is 1.81 bits per heavy atom. The number of anilines is 1. The molecule has 0 spiro atoms. The molecule has 3 aliphatic heterocycles. The predicted molar refractivity (Wildman–Crippen MR) is 138 cm³/mol. The summed E-state index contributed by atoms with van der Waals surface area (Å²) in [5.41, 5.74) is 6.43. The van der Waals surface area contributed by atoms with Gasteiger partial charge in [-0.05, 0) is 36.6 Å². The van der Waals surface area contributed by atoms with Gasteiger partial charge >= 0.3 is 6.03 Å². The molecule has 0 aromatic heterocycles. The number of urea groups is 1. The second kappa shape index (κ2) is 9.68. The third-order valence-electron chi connectivity index (χ3n) is 8.44. The summed E-state index contributed by atoms with van der Waals surface area (Å²) in [7, 11) is -6.14. The molecule has 10 nitrogen and oxygen atoms in total. The van der Waals surface area contributed by atoms with Gasteiger partial charge in [0.25, 0.3) is 0 Å². The van der Waals surface area contributed by atoms with E-state index in [1.54, 1.807) is 4.90 Å². The van der Waals surface area contributed by atoms with Crippen LogP contribution in [0.1, 0.15) is 13.3 Å². The molecule has 0 radical (unpaired) electrons. The normalized spacial score (nSPS) is 30.7. The first-order valence-electron chi connectivity index (χ1n) is 12.8. The van der Waals surface area contributed by atoms with Crippen LogP contribution in [0.25, 0.3) is 0 Å². The number of hydrogen-bond acceptors (Lipinski definition) is 8. The smallest absolute Gasteiger partial charge is 0.320 e. The van der Waals surface area contributed by atoms with Crippen LogP contribution in [0, 0.1) is 17.8 Å². The van der Waals surface area contributed by atoms with E-state index in [9.17, 15) is 21.6 Å². The van der Waals surface area contributed by atoms with E-state index in [0.29, 0.717) is 43.1 Å². The Bertz CT molecular complexity index is 1180. The standard InChI is InChI=1S/C24H36N4O6S2/c1-17-20-15-27(18-3-5-19(6-4-18)34-10-2-11-35(30,31)12-7-25)21-16-28(23(20)22(17)21)24(29)26-8-13-36(32,33)14-9-26/h3-6,17,20-23H,2,7-16,25H2,1H3/t17?,20-,21-,22?,23?/m1/s1. The molecule has 1 aromatic rings. The topological polar surface area (TPSA) is 130 Å². The van der Waals surface area contributed by atoms with Crippen molar-refractivity contribution < 1.29 is 26.4 Å². The van der Waals surface area contributed by atoms with Gasteiger partial charge in [-0.1, -0.05) is 6.92 Å². The summed E-state index contributed by atoms with van der Waals surface area (Å²) in [6, 6.07) is 8.36. The lowest BCUT2D eigenvalue weighted by Gasteiger charge is -2.58. The lowest BCUT2D eigenvalue weighted by Crippen LogP contribution is -2.67. The number of sulfone groups is 2. The van der Waals surface area contributed by atoms with Gasteiger partial charge in [-0.2, -0.15) is 0 Å². The number of nitrogens with zero attached hydrogens (tertiary/aromatic N) is 3. The van der Waals surface area contributed by atoms with Crippen molar-refractivity contribution in [2.45, 2.75) is 25.4 Å². The summed E-state index contributed by atoms with van der Waals surface area (Å²) in [6.07, 6.45) is 0.424. The van der Waals surface area contributed by atoms with E-state index in [1.807, 2.05) is 29.2 Å². The Morgan fingerprint density at radius 3 is 2.47 bits per heavy atom. The average molecular weight is 541 g/mol. The molecule has 3 heterocycles. The maximum absolute atomic E-state index is 13.3. The van der Waals surface area contributed by atoms with Crippen LogP contribution in [-0.4, -0.2) is 107 Å². The van der Waals surface area contributed by atoms with Crippen LogP contribution >= 0.6 is 0 Å². The van der Waals surface area contributed by atoms with E-state index in [0.717, 1.165) is 12.2 Å². The van der Waals surface area contributed by atoms with Crippen molar-refractivity contribution >= 4 is 31.4 Å². The Hall–Kier alpha value is -2.05. The van der Waals surface area contributed by atoms with Crippen molar-refractivity contribution in [2.75, 3.05) is 67.2 Å². The fourth-order valence-electron chi connectivity index (χ4n) is 6.52. The van der Waals surface area contributed by atoms with Gasteiger partial charge in [0.15, 0.2) is 19.7 Å². The lowest BCUT2D eigenvalue weighted by atomic mass is 9.57. The van der Waals surface area contributed by atoms with E-state index < -0.39 is 19.7 Å². The third-order valence-corrected chi connectivity index (χ3v) is 11.8. The summed E-state index contributed by atoms with van der Waals surface area (Å²) >= 11 is 0. The minimum Gasteiger partial charge on any atom is -0.494 e. The van der Waals surface area contributed by atoms with Crippen molar-refractivity contribution in [3.8, 4) is 5.75 Å². The maximum atomic E-state index is 13.3. The zero-order chi connectivity index (χ0) is 25.7. The number of benzene rings is 1. The summed E-state index contributed by atoms with van der Waals surface area (Å²) < 4.78 is 52.9. The van der Waals surface area contributed by atoms with E-state index in [-0.39, 0.29) is 60.8 Å². The first-order chi connectivity index (χ1) is 17.1. The first kappa shape index (κ1) is 25.6. The lowest BCUT2D eigenvalue weighted by molar-refractivity contribution is -0.0144. The Kier molecular flexibility index (Phi) is 6.88. The van der Waals surface area contributed by atoms with Gasteiger partial charge in [0.05, 0.1) is 35.7 Å². The zero-order valence-electron chi connectivity index (χ0n) is 20.7. The van der Waals surface area contributed by atoms with Crippen LogP contribution in [0.4, 0.5) is 10.5 Å². The molecule has 1 saturated carbocycles. The molecule has 1 aromatic carbocycles. The van der Waals surface area contributed by atoms with Gasteiger partial charge in [0.1, 0.15) is 5.75 Å². The molecule has 5 atom stereocenters. The summed E-state index contributed by atoms with van der Waals surface area (Å²) in [4.78, 5) is 19.4. The van der Waals surface area contributed by atoms with Gasteiger partial charge in [0.2, 0.25) is 0 Å². The number of amides is 2. The number of likely N-dealkylation sites (tertiary alicyclic amines) is 1. The number of piperidine rings is 2. The molecular weight excluding hydrogens is 504 g/mol. The minimum atomic E-state index is -3.11. The largest absolute Gasteiger partial charge is 0.494 e. The average Bonchev–Trinajstić information content (AvgIpc) is 3.11. The fraction of sp³-hybridized carbons (Fsp3) is 0.708. The Labute approximate surface area is 213 Å². The molecule has 4 fully saturated rings. The SMILES string of the molecule is CC1C2C3[C@@H]1CN(c1ccc(OCCCS(=O)(=O)CCN)cc1)[C@@H]2CN3C(=O)N1CCS(=O)(=O)CC1. The number of carbonyl (C=O) groups is 1. The van der Waals surface area contributed by atoms with E-state index >= 15 is 0 Å². The van der Waals surface area contributed by atoms with Crippen LogP contribution in [-0.2, 0) is 19.7 Å². The summed E-state index contributed by atoms with van der Waals surface area (Å²) in [6.45, 7) is 4.86. The van der Waals surface area contributed by atoms with Crippen molar-refractivity contribution in [3.63, 3.8) is 0 Å². The molecule has 4 aliphatic rings. The molecule has 36 heavy (non-hydrogen) atoms. The molecule has 2 N–H and O–H groups in total. The molecule has 5 rings (SSSR count). The van der Waals surface area contributed by atoms with Gasteiger partial charge in [0, 0.05) is 56.3 Å². The van der Waals surface area contributed by atoms with Crippen LogP contribution in [0.2, 0.25) is 0 Å². The number of rotatable bonds is 8. The number of ether oxygens (including phenoxy) is 1. The van der Waals surface area contributed by atoms with Crippen molar-refractivity contribution in [2.24, 2.45) is 23.5 Å². The molecule has 3 unspecified atom stereocenters. The van der Waals surface area contributed by atoms with Gasteiger partial charge in [-0.3, -0.25) is 0 Å². The van der Waals surface area contributed by atoms with Crippen LogP contribution < -0.4 is 15.4 Å². The third kappa shape index (κ3) is 4.79. The second-order valence-corrected chi connectivity index (χ2v) is 15.1. The van der Waals surface area contributed by atoms with Gasteiger partial charge < -0.3 is 25.2 Å². The van der Waals surface area contributed by atoms with Gasteiger partial charge in [-0.25, -0.2) is 21.6 Å². The van der Waals surface area contributed by atoms with Crippen molar-refractivity contribution in [1.29, 1.82) is 0 Å². The molecule has 3 saturated heterocycles. The molecule has 2 amide bonds. The van der Waals surface area contributed by atoms with Crippen LogP contribution in [0.5, 0.6) is 5.75 Å². The fourth-order valence-corrected chi connectivity index (χ4v) is 8.85. The highest BCUT2D eigenvalue weighted by atomic mass is 32.2. The number of nitrogens with two attached hydrogens (primary N) is 1. The summed E-state index contributed by atoms with van der Waals surface area (Å²) in [5.74, 6) is 2.26. The Balaban J connectivity index is 1.19. The summed E-state index contributed by atoms with van der Waals surface area (Å²) in [5, 5.41) is 0. The zero-order valence-corrected chi connectivity index (χ0v) is 22.3. The molecule has 1 aliphatic carbocycles. The van der Waals surface area contributed by atoms with E-state index in [4.69, 9.17) is 10.5 Å². The highest BCUT2D eigenvalue weighted by Crippen LogP contribution is 2.56. The molecule has 200 valence electrons. The molecule has 12 heteroatoms. The highest BCUT2D eigenvalue weighted by molar-refractivity contribution is 7.91. The second-order valence-electron chi connectivity index (χ2n) is 10.5. The van der Waals surface area contributed by atoms with E-state index in [1.165, 1.54) is 0 Å². The number of hydrogen-bond donors (Lipinski definition) is 1. The molecular formula is C24H36N4O6S2. The van der Waals surface area contributed by atoms with E-state index in [2.05, 4.69) is 11.8 Å². The van der Waals surface area contributed by atoms with Crippen LogP contribution in [0.15, 0.2) is 24.3 Å². The maximum Gasteiger partial charge on any atom is 0.320 e. The van der Waals surface area contributed by atoms with Crippen molar-refractivity contribution in [1.82, 2.24) is 9.80 Å². The van der Waals surface area contributed by atoms with Crippen LogP contribution in [0.3, 0.4) is 0 Å². The highest BCUT2D eigenvalue weighted by Gasteiger charge is 2.65. The predicted octanol–water partition coefficient (Wildman–Crippen LogP) is 0.434. The quantitative estimate of drug-likeness (QED) is 0.470. The first-order valence-corrected chi connectivity index (χ1v) is 16.4. The van der Waals surface area contributed by atoms with Gasteiger partial charge in [-0.15, -0.1) is 0 Å².